The molecule has 3 N–H and O–H groups in total. The zero-order valence-corrected chi connectivity index (χ0v) is 32.0. The summed E-state index contributed by atoms with van der Waals surface area (Å²) in [6.07, 6.45) is 7.24. The SMILES string of the molecule is COc1ccc2c(O[C@@H]3C[C@H]4C(=O)N[C@]5(C(=O)NS(=O)(=O)C6CC6)C[C@H]5/C=C\CC[C@H](C)C[C@@H](C)[C@H](NC(=O)OC(C)(C)C)C(=O)N4C3)nccc2c1. The second-order valence-electron chi connectivity index (χ2n) is 16.1. The third kappa shape index (κ3) is 8.71. The van der Waals surface area contributed by atoms with Gasteiger partial charge < -0.3 is 29.7 Å². The number of benzene rings is 1. The minimum atomic E-state index is -3.89. The highest BCUT2D eigenvalue weighted by Crippen LogP contribution is 2.46. The van der Waals surface area contributed by atoms with E-state index in [0.29, 0.717) is 42.7 Å². The van der Waals surface area contributed by atoms with Crippen molar-refractivity contribution in [3.63, 3.8) is 0 Å². The van der Waals surface area contributed by atoms with Crippen LogP contribution in [0.5, 0.6) is 11.6 Å². The number of rotatable bonds is 7. The largest absolute Gasteiger partial charge is 0.497 e. The van der Waals surface area contributed by atoms with Gasteiger partial charge in [0, 0.05) is 23.9 Å². The number of amides is 4. The number of nitrogens with zero attached hydrogens (tertiary/aromatic N) is 2. The summed E-state index contributed by atoms with van der Waals surface area (Å²) in [6, 6.07) is 5.13. The van der Waals surface area contributed by atoms with Crippen molar-refractivity contribution >= 4 is 44.6 Å². The summed E-state index contributed by atoms with van der Waals surface area (Å²) in [5.41, 5.74) is -2.32. The summed E-state index contributed by atoms with van der Waals surface area (Å²) in [6.45, 7) is 9.16. The molecule has 3 heterocycles. The second-order valence-corrected chi connectivity index (χ2v) is 18.0. The maximum Gasteiger partial charge on any atom is 0.408 e. The molecule has 2 saturated carbocycles. The van der Waals surface area contributed by atoms with Gasteiger partial charge in [-0.05, 0) is 101 Å². The van der Waals surface area contributed by atoms with Crippen LogP contribution in [0.3, 0.4) is 0 Å². The molecule has 288 valence electrons. The van der Waals surface area contributed by atoms with E-state index in [2.05, 4.69) is 27.3 Å². The van der Waals surface area contributed by atoms with Crippen LogP contribution in [0.1, 0.15) is 79.6 Å². The molecule has 15 heteroatoms. The van der Waals surface area contributed by atoms with Crippen molar-refractivity contribution in [2.45, 2.75) is 114 Å². The van der Waals surface area contributed by atoms with Gasteiger partial charge in [0.05, 0.1) is 18.9 Å². The van der Waals surface area contributed by atoms with E-state index in [-0.39, 0.29) is 31.2 Å². The lowest BCUT2D eigenvalue weighted by atomic mass is 9.88. The Hall–Kier alpha value is -4.40. The molecule has 0 radical (unpaired) electrons. The van der Waals surface area contributed by atoms with Crippen LogP contribution >= 0.6 is 0 Å². The van der Waals surface area contributed by atoms with Crippen LogP contribution in [0.2, 0.25) is 0 Å². The average Bonchev–Trinajstić information content (AvgIpc) is 4.01. The van der Waals surface area contributed by atoms with E-state index in [9.17, 15) is 27.6 Å². The highest BCUT2D eigenvalue weighted by atomic mass is 32.2. The fourth-order valence-corrected chi connectivity index (χ4v) is 8.80. The van der Waals surface area contributed by atoms with E-state index in [1.807, 2.05) is 37.3 Å². The fourth-order valence-electron chi connectivity index (χ4n) is 7.44. The topological polar surface area (TPSA) is 182 Å². The van der Waals surface area contributed by atoms with Crippen molar-refractivity contribution in [2.75, 3.05) is 13.7 Å². The molecule has 2 aliphatic carbocycles. The molecule has 1 aromatic heterocycles. The highest BCUT2D eigenvalue weighted by Gasteiger charge is 2.62. The summed E-state index contributed by atoms with van der Waals surface area (Å²) in [5, 5.41) is 6.59. The minimum absolute atomic E-state index is 0.0154. The Labute approximate surface area is 310 Å². The molecule has 6 rings (SSSR count). The number of fused-ring (bicyclic) bond motifs is 3. The number of carbonyl (C=O) groups excluding carboxylic acids is 4. The van der Waals surface area contributed by atoms with E-state index < -0.39 is 74.3 Å². The number of allylic oxidation sites excluding steroid dienone is 1. The molecule has 14 nitrogen and oxygen atoms in total. The molecule has 0 spiro atoms. The molecule has 2 aromatic rings. The zero-order valence-electron chi connectivity index (χ0n) is 31.2. The van der Waals surface area contributed by atoms with Gasteiger partial charge >= 0.3 is 6.09 Å². The number of ether oxygens (including phenoxy) is 3. The number of alkyl carbamates (subject to hydrolysis) is 1. The Morgan fingerprint density at radius 2 is 1.83 bits per heavy atom. The molecular weight excluding hydrogens is 703 g/mol. The average molecular weight is 754 g/mol. The quantitative estimate of drug-likeness (QED) is 0.350. The van der Waals surface area contributed by atoms with Gasteiger partial charge in [-0.3, -0.25) is 19.1 Å². The molecule has 7 atom stereocenters. The fraction of sp³-hybridized carbons (Fsp3) is 0.605. The van der Waals surface area contributed by atoms with Crippen LogP contribution in [0, 0.1) is 17.8 Å². The van der Waals surface area contributed by atoms with Crippen molar-refractivity contribution in [3.8, 4) is 11.6 Å². The molecule has 4 amide bonds. The Morgan fingerprint density at radius 1 is 1.08 bits per heavy atom. The monoisotopic (exact) mass is 753 g/mol. The first-order valence-electron chi connectivity index (χ1n) is 18.4. The summed E-state index contributed by atoms with van der Waals surface area (Å²) in [5.74, 6) is -1.55. The maximum absolute atomic E-state index is 14.7. The molecule has 4 aliphatic rings. The van der Waals surface area contributed by atoms with E-state index in [0.717, 1.165) is 11.8 Å². The molecule has 53 heavy (non-hydrogen) atoms. The first-order chi connectivity index (χ1) is 25.0. The Bertz CT molecular complexity index is 1890. The highest BCUT2D eigenvalue weighted by molar-refractivity contribution is 7.91. The lowest BCUT2D eigenvalue weighted by Crippen LogP contribution is -2.59. The molecule has 1 saturated heterocycles. The van der Waals surface area contributed by atoms with Gasteiger partial charge in [0.15, 0.2) is 0 Å². The number of hydrogen-bond donors (Lipinski definition) is 3. The summed E-state index contributed by atoms with van der Waals surface area (Å²) < 4.78 is 45.3. The van der Waals surface area contributed by atoms with Gasteiger partial charge in [-0.15, -0.1) is 0 Å². The van der Waals surface area contributed by atoms with Crippen LogP contribution in [-0.2, 0) is 29.1 Å². The van der Waals surface area contributed by atoms with Crippen LogP contribution in [0.4, 0.5) is 4.79 Å². The number of aromatic nitrogens is 1. The van der Waals surface area contributed by atoms with Crippen molar-refractivity contribution in [3.05, 3.63) is 42.6 Å². The van der Waals surface area contributed by atoms with E-state index in [4.69, 9.17) is 14.2 Å². The molecule has 3 fully saturated rings. The molecular formula is C38H51N5O9S. The van der Waals surface area contributed by atoms with Gasteiger partial charge in [-0.1, -0.05) is 26.0 Å². The van der Waals surface area contributed by atoms with Gasteiger partial charge in [0.1, 0.15) is 35.1 Å². The summed E-state index contributed by atoms with van der Waals surface area (Å²) in [7, 11) is -2.32. The Kier molecular flexibility index (Phi) is 10.7. The Morgan fingerprint density at radius 3 is 2.53 bits per heavy atom. The predicted molar refractivity (Wildman–Crippen MR) is 196 cm³/mol. The smallest absolute Gasteiger partial charge is 0.408 e. The van der Waals surface area contributed by atoms with Crippen molar-refractivity contribution in [1.29, 1.82) is 0 Å². The predicted octanol–water partition coefficient (Wildman–Crippen LogP) is 3.98. The maximum atomic E-state index is 14.7. The second kappa shape index (κ2) is 14.8. The normalized spacial score (nSPS) is 30.1. The lowest BCUT2D eigenvalue weighted by Gasteiger charge is -2.33. The zero-order chi connectivity index (χ0) is 38.3. The van der Waals surface area contributed by atoms with Gasteiger partial charge in [0.25, 0.3) is 5.91 Å². The van der Waals surface area contributed by atoms with Gasteiger partial charge in [0.2, 0.25) is 27.7 Å². The summed E-state index contributed by atoms with van der Waals surface area (Å²) >= 11 is 0. The van der Waals surface area contributed by atoms with E-state index >= 15 is 0 Å². The standard InChI is InChI=1S/C38H51N5O9S/c1-22-9-7-8-10-25-20-38(25,35(46)42-53(48,49)28-12-13-28)41-32(44)30-19-27(51-33-29-14-11-26(50-6)18-24(29)15-16-39-33)21-43(30)34(45)31(23(2)17-22)40-36(47)52-37(3,4)5/h8,10-11,14-16,18,22-23,25,27-28,30-31H,7,9,12-13,17,19-21H2,1-6H3,(H,40,47)(H,41,44)(H,42,46)/b10-8-/t22-,23+,25+,27+,30-,31-,38+/m0/s1. The first kappa shape index (κ1) is 38.3. The van der Waals surface area contributed by atoms with Crippen molar-refractivity contribution in [2.24, 2.45) is 17.8 Å². The van der Waals surface area contributed by atoms with Crippen molar-refractivity contribution in [1.82, 2.24) is 25.2 Å². The summed E-state index contributed by atoms with van der Waals surface area (Å²) in [4.78, 5) is 61.9. The van der Waals surface area contributed by atoms with Crippen LogP contribution < -0.4 is 24.8 Å². The third-order valence-electron chi connectivity index (χ3n) is 10.5. The first-order valence-corrected chi connectivity index (χ1v) is 20.0. The molecule has 2 aliphatic heterocycles. The lowest BCUT2D eigenvalue weighted by molar-refractivity contribution is -0.142. The number of hydrogen-bond acceptors (Lipinski definition) is 10. The van der Waals surface area contributed by atoms with Crippen LogP contribution in [0.15, 0.2) is 42.6 Å². The number of pyridine rings is 1. The number of nitrogens with one attached hydrogen (secondary N) is 3. The third-order valence-corrected chi connectivity index (χ3v) is 12.3. The van der Waals surface area contributed by atoms with Gasteiger partial charge in [-0.25, -0.2) is 18.2 Å². The molecule has 0 bridgehead atoms. The Balaban J connectivity index is 1.34. The van der Waals surface area contributed by atoms with Crippen LogP contribution in [0.25, 0.3) is 10.8 Å². The number of methoxy groups -OCH3 is 1. The van der Waals surface area contributed by atoms with E-state index in [1.54, 1.807) is 40.1 Å². The minimum Gasteiger partial charge on any atom is -0.497 e. The van der Waals surface area contributed by atoms with Crippen molar-refractivity contribution < 1.29 is 41.8 Å². The number of sulfonamides is 1. The molecule has 1 aromatic carbocycles. The number of carbonyl (C=O) groups is 4. The van der Waals surface area contributed by atoms with Gasteiger partial charge in [-0.2, -0.15) is 0 Å². The van der Waals surface area contributed by atoms with Crippen LogP contribution in [-0.4, -0.2) is 90.3 Å². The van der Waals surface area contributed by atoms with E-state index in [1.165, 1.54) is 4.90 Å². The molecule has 0 unspecified atom stereocenters.